The minimum atomic E-state index is 0.276. The third-order valence-corrected chi connectivity index (χ3v) is 3.45. The van der Waals surface area contributed by atoms with Crippen molar-refractivity contribution in [3.8, 4) is 0 Å². The number of nitrogens with zero attached hydrogens (tertiary/aromatic N) is 4. The molecule has 1 atom stereocenters. The van der Waals surface area contributed by atoms with Crippen LogP contribution in [0.1, 0.15) is 40.0 Å². The average Bonchev–Trinajstić information content (AvgIpc) is 3.13. The monoisotopic (exact) mass is 264 g/mol. The molecular formula is C13H24N6. The molecule has 6 heteroatoms. The highest BCUT2D eigenvalue weighted by Crippen LogP contribution is 2.33. The van der Waals surface area contributed by atoms with Gasteiger partial charge in [0.1, 0.15) is 0 Å². The summed E-state index contributed by atoms with van der Waals surface area (Å²) in [5.74, 6) is 2.39. The molecule has 1 aliphatic rings. The Bertz CT molecular complexity index is 414. The molecule has 3 N–H and O–H groups in total. The molecule has 0 aliphatic heterocycles. The van der Waals surface area contributed by atoms with Gasteiger partial charge in [0.25, 0.3) is 0 Å². The summed E-state index contributed by atoms with van der Waals surface area (Å²) in [5.41, 5.74) is 5.77. The first kappa shape index (κ1) is 13.8. The normalized spacial score (nSPS) is 16.2. The SMILES string of the molecule is CCN(CC)c1nc(N)nc(NC(C)CC2CC2)n1. The van der Waals surface area contributed by atoms with Crippen LogP contribution < -0.4 is 16.0 Å². The molecule has 1 fully saturated rings. The van der Waals surface area contributed by atoms with Crippen LogP contribution in [-0.2, 0) is 0 Å². The van der Waals surface area contributed by atoms with Crippen molar-refractivity contribution < 1.29 is 0 Å². The summed E-state index contributed by atoms with van der Waals surface area (Å²) in [6, 6.07) is 0.374. The maximum Gasteiger partial charge on any atom is 0.231 e. The van der Waals surface area contributed by atoms with Crippen LogP contribution in [0.25, 0.3) is 0 Å². The van der Waals surface area contributed by atoms with Crippen LogP contribution in [-0.4, -0.2) is 34.1 Å². The predicted octanol–water partition coefficient (Wildman–Crippen LogP) is 1.90. The van der Waals surface area contributed by atoms with Crippen molar-refractivity contribution in [2.24, 2.45) is 5.92 Å². The standard InChI is InChI=1S/C13H24N6/c1-4-19(5-2)13-17-11(14)16-12(18-13)15-9(3)8-10-6-7-10/h9-10H,4-8H2,1-3H3,(H3,14,15,16,17,18). The molecule has 19 heavy (non-hydrogen) atoms. The van der Waals surface area contributed by atoms with Crippen molar-refractivity contribution in [2.75, 3.05) is 29.0 Å². The lowest BCUT2D eigenvalue weighted by atomic mass is 10.2. The number of aromatic nitrogens is 3. The van der Waals surface area contributed by atoms with Crippen molar-refractivity contribution in [3.05, 3.63) is 0 Å². The van der Waals surface area contributed by atoms with Crippen LogP contribution in [0.15, 0.2) is 0 Å². The van der Waals surface area contributed by atoms with Gasteiger partial charge < -0.3 is 16.0 Å². The zero-order chi connectivity index (χ0) is 13.8. The van der Waals surface area contributed by atoms with Gasteiger partial charge in [-0.05, 0) is 33.1 Å². The van der Waals surface area contributed by atoms with Gasteiger partial charge in [-0.2, -0.15) is 15.0 Å². The van der Waals surface area contributed by atoms with E-state index in [1.807, 2.05) is 0 Å². The van der Waals surface area contributed by atoms with E-state index in [9.17, 15) is 0 Å². The van der Waals surface area contributed by atoms with Gasteiger partial charge in [-0.25, -0.2) is 0 Å². The Morgan fingerprint density at radius 1 is 1.26 bits per heavy atom. The molecule has 2 rings (SSSR count). The Labute approximate surface area is 114 Å². The van der Waals surface area contributed by atoms with Gasteiger partial charge in [-0.1, -0.05) is 12.8 Å². The number of nitrogens with one attached hydrogen (secondary N) is 1. The van der Waals surface area contributed by atoms with Gasteiger partial charge >= 0.3 is 0 Å². The minimum absolute atomic E-state index is 0.276. The van der Waals surface area contributed by atoms with E-state index in [2.05, 4.69) is 45.9 Å². The Morgan fingerprint density at radius 2 is 1.95 bits per heavy atom. The van der Waals surface area contributed by atoms with E-state index in [0.29, 0.717) is 17.9 Å². The average molecular weight is 264 g/mol. The maximum absolute atomic E-state index is 5.77. The summed E-state index contributed by atoms with van der Waals surface area (Å²) in [6.45, 7) is 8.03. The summed E-state index contributed by atoms with van der Waals surface area (Å²) < 4.78 is 0. The molecule has 0 spiro atoms. The molecule has 1 saturated carbocycles. The number of rotatable bonds is 7. The number of hydrogen-bond donors (Lipinski definition) is 2. The molecule has 6 nitrogen and oxygen atoms in total. The van der Waals surface area contributed by atoms with Gasteiger partial charge in [0.15, 0.2) is 0 Å². The number of anilines is 3. The highest BCUT2D eigenvalue weighted by Gasteiger charge is 2.24. The van der Waals surface area contributed by atoms with Crippen LogP contribution in [0.5, 0.6) is 0 Å². The van der Waals surface area contributed by atoms with Crippen LogP contribution >= 0.6 is 0 Å². The zero-order valence-corrected chi connectivity index (χ0v) is 12.1. The van der Waals surface area contributed by atoms with Crippen molar-refractivity contribution in [1.29, 1.82) is 0 Å². The summed E-state index contributed by atoms with van der Waals surface area (Å²) >= 11 is 0. The van der Waals surface area contributed by atoms with Crippen LogP contribution in [0, 0.1) is 5.92 Å². The third-order valence-electron chi connectivity index (χ3n) is 3.45. The van der Waals surface area contributed by atoms with E-state index in [1.54, 1.807) is 0 Å². The van der Waals surface area contributed by atoms with E-state index in [1.165, 1.54) is 19.3 Å². The Morgan fingerprint density at radius 3 is 2.53 bits per heavy atom. The maximum atomic E-state index is 5.77. The fraction of sp³-hybridized carbons (Fsp3) is 0.769. The smallest absolute Gasteiger partial charge is 0.231 e. The lowest BCUT2D eigenvalue weighted by Gasteiger charge is -2.20. The molecule has 1 aliphatic carbocycles. The largest absolute Gasteiger partial charge is 0.368 e. The van der Waals surface area contributed by atoms with Gasteiger partial charge in [0.05, 0.1) is 0 Å². The van der Waals surface area contributed by atoms with Crippen LogP contribution in [0.3, 0.4) is 0 Å². The molecule has 0 aromatic carbocycles. The molecule has 0 amide bonds. The molecular weight excluding hydrogens is 240 g/mol. The molecule has 0 saturated heterocycles. The first-order valence-corrected chi connectivity index (χ1v) is 7.15. The van der Waals surface area contributed by atoms with Crippen LogP contribution in [0.2, 0.25) is 0 Å². The Hall–Kier alpha value is -1.59. The topological polar surface area (TPSA) is 80.0 Å². The van der Waals surface area contributed by atoms with E-state index in [0.717, 1.165) is 19.0 Å². The minimum Gasteiger partial charge on any atom is -0.368 e. The second-order valence-electron chi connectivity index (χ2n) is 5.21. The van der Waals surface area contributed by atoms with Crippen molar-refractivity contribution in [3.63, 3.8) is 0 Å². The third kappa shape index (κ3) is 3.94. The fourth-order valence-corrected chi connectivity index (χ4v) is 2.23. The van der Waals surface area contributed by atoms with Gasteiger partial charge in [0.2, 0.25) is 17.8 Å². The molecule has 1 aromatic rings. The lowest BCUT2D eigenvalue weighted by Crippen LogP contribution is -2.26. The number of nitrogens with two attached hydrogens (primary N) is 1. The molecule has 0 bridgehead atoms. The highest BCUT2D eigenvalue weighted by atomic mass is 15.3. The first-order chi connectivity index (χ1) is 9.12. The second kappa shape index (κ2) is 6.04. The van der Waals surface area contributed by atoms with Gasteiger partial charge in [-0.15, -0.1) is 0 Å². The molecule has 1 unspecified atom stereocenters. The first-order valence-electron chi connectivity index (χ1n) is 7.15. The van der Waals surface area contributed by atoms with E-state index in [-0.39, 0.29) is 5.95 Å². The van der Waals surface area contributed by atoms with E-state index >= 15 is 0 Å². The zero-order valence-electron chi connectivity index (χ0n) is 12.1. The number of nitrogen functional groups attached to an aromatic ring is 1. The van der Waals surface area contributed by atoms with Crippen molar-refractivity contribution >= 4 is 17.8 Å². The Balaban J connectivity index is 2.06. The Kier molecular flexibility index (Phi) is 4.39. The molecule has 106 valence electrons. The fourth-order valence-electron chi connectivity index (χ4n) is 2.23. The van der Waals surface area contributed by atoms with Crippen molar-refractivity contribution in [2.45, 2.75) is 46.1 Å². The highest BCUT2D eigenvalue weighted by molar-refractivity contribution is 5.42. The molecule has 1 aromatic heterocycles. The second-order valence-corrected chi connectivity index (χ2v) is 5.21. The summed E-state index contributed by atoms with van der Waals surface area (Å²) in [7, 11) is 0. The van der Waals surface area contributed by atoms with Gasteiger partial charge in [-0.3, -0.25) is 0 Å². The summed E-state index contributed by atoms with van der Waals surface area (Å²) in [6.07, 6.45) is 3.89. The van der Waals surface area contributed by atoms with E-state index in [4.69, 9.17) is 5.73 Å². The molecule has 1 heterocycles. The lowest BCUT2D eigenvalue weighted by molar-refractivity contribution is 0.636. The quantitative estimate of drug-likeness (QED) is 0.783. The van der Waals surface area contributed by atoms with Gasteiger partial charge in [0, 0.05) is 19.1 Å². The summed E-state index contributed by atoms with van der Waals surface area (Å²) in [5, 5.41) is 3.33. The van der Waals surface area contributed by atoms with Crippen molar-refractivity contribution in [1.82, 2.24) is 15.0 Å². The molecule has 0 radical (unpaired) electrons. The van der Waals surface area contributed by atoms with E-state index < -0.39 is 0 Å². The summed E-state index contributed by atoms with van der Waals surface area (Å²) in [4.78, 5) is 14.9. The predicted molar refractivity (Wildman–Crippen MR) is 78.2 cm³/mol. The number of hydrogen-bond acceptors (Lipinski definition) is 6. The van der Waals surface area contributed by atoms with Crippen LogP contribution in [0.4, 0.5) is 17.8 Å².